The lowest BCUT2D eigenvalue weighted by atomic mass is 10.2. The third-order valence-electron chi connectivity index (χ3n) is 3.65. The molecule has 3 aromatic rings. The van der Waals surface area contributed by atoms with Gasteiger partial charge in [0, 0.05) is 0 Å². The zero-order valence-corrected chi connectivity index (χ0v) is 14.8. The van der Waals surface area contributed by atoms with Gasteiger partial charge in [-0.1, -0.05) is 72.3 Å². The Bertz CT molecular complexity index is 953. The van der Waals surface area contributed by atoms with E-state index in [0.29, 0.717) is 0 Å². The second-order valence-corrected chi connectivity index (χ2v) is 9.12. The van der Waals surface area contributed by atoms with E-state index in [1.165, 1.54) is 6.07 Å². The summed E-state index contributed by atoms with van der Waals surface area (Å²) in [5.74, 6) is 0. The third-order valence-corrected chi connectivity index (χ3v) is 6.90. The summed E-state index contributed by atoms with van der Waals surface area (Å²) in [6.45, 7) is 2.04. The number of rotatable bonds is 4. The van der Waals surface area contributed by atoms with Crippen molar-refractivity contribution in [1.82, 2.24) is 0 Å². The van der Waals surface area contributed by atoms with Gasteiger partial charge in [0.15, 0.2) is 0 Å². The molecule has 1 atom stereocenters. The molecule has 0 fully saturated rings. The SMILES string of the molecule is Cc1cccc(P(c2ccccc2)c2cccc(S(=O)(=O)O)c2)c1. The lowest BCUT2D eigenvalue weighted by molar-refractivity contribution is 0.483. The van der Waals surface area contributed by atoms with E-state index in [9.17, 15) is 13.0 Å². The van der Waals surface area contributed by atoms with E-state index in [1.54, 1.807) is 12.1 Å². The Kier molecular flexibility index (Phi) is 4.81. The van der Waals surface area contributed by atoms with Gasteiger partial charge in [0.2, 0.25) is 0 Å². The molecule has 0 aliphatic heterocycles. The number of hydrogen-bond donors (Lipinski definition) is 1. The van der Waals surface area contributed by atoms with E-state index in [1.807, 2.05) is 55.5 Å². The van der Waals surface area contributed by atoms with E-state index >= 15 is 0 Å². The molecule has 122 valence electrons. The standard InChI is InChI=1S/C19H17O3PS/c1-15-7-5-10-17(13-15)23(16-8-3-2-4-9-16)18-11-6-12-19(14-18)24(20,21)22/h2-14H,1H3,(H,20,21,22). The molecule has 1 unspecified atom stereocenters. The molecule has 5 heteroatoms. The molecule has 0 aliphatic carbocycles. The van der Waals surface area contributed by atoms with Crippen molar-refractivity contribution in [1.29, 1.82) is 0 Å². The Morgan fingerprint density at radius 1 is 0.750 bits per heavy atom. The van der Waals surface area contributed by atoms with Crippen molar-refractivity contribution in [3.63, 3.8) is 0 Å². The van der Waals surface area contributed by atoms with Gasteiger partial charge >= 0.3 is 0 Å². The Labute approximate surface area is 143 Å². The molecule has 0 spiro atoms. The molecule has 0 aliphatic rings. The summed E-state index contributed by atoms with van der Waals surface area (Å²) in [5.41, 5.74) is 1.15. The first-order chi connectivity index (χ1) is 11.4. The molecule has 24 heavy (non-hydrogen) atoms. The van der Waals surface area contributed by atoms with Crippen LogP contribution in [0.5, 0.6) is 0 Å². The Balaban J connectivity index is 2.19. The van der Waals surface area contributed by atoms with Gasteiger partial charge in [0.25, 0.3) is 10.1 Å². The highest BCUT2D eigenvalue weighted by Crippen LogP contribution is 2.33. The van der Waals surface area contributed by atoms with Crippen LogP contribution >= 0.6 is 7.92 Å². The van der Waals surface area contributed by atoms with E-state index in [0.717, 1.165) is 21.5 Å². The highest BCUT2D eigenvalue weighted by molar-refractivity contribution is 7.86. The summed E-state index contributed by atoms with van der Waals surface area (Å²) < 4.78 is 32.4. The van der Waals surface area contributed by atoms with Crippen molar-refractivity contribution < 1.29 is 13.0 Å². The molecule has 0 heterocycles. The van der Waals surface area contributed by atoms with Crippen LogP contribution in [0, 0.1) is 6.92 Å². The average molecular weight is 356 g/mol. The van der Waals surface area contributed by atoms with Crippen molar-refractivity contribution in [2.24, 2.45) is 0 Å². The van der Waals surface area contributed by atoms with Gasteiger partial charge in [-0.15, -0.1) is 0 Å². The van der Waals surface area contributed by atoms with Crippen LogP contribution in [0.1, 0.15) is 5.56 Å². The van der Waals surface area contributed by atoms with Crippen LogP contribution in [0.25, 0.3) is 0 Å². The first-order valence-electron chi connectivity index (χ1n) is 7.44. The molecule has 0 bridgehead atoms. The molecule has 0 aromatic heterocycles. The normalized spacial score (nSPS) is 12.8. The molecule has 1 N–H and O–H groups in total. The molecule has 0 amide bonds. The summed E-state index contributed by atoms with van der Waals surface area (Å²) in [6, 6.07) is 24.8. The zero-order chi connectivity index (χ0) is 17.2. The average Bonchev–Trinajstić information content (AvgIpc) is 2.56. The lowest BCUT2D eigenvalue weighted by Crippen LogP contribution is -2.21. The minimum absolute atomic E-state index is 0.0731. The maximum Gasteiger partial charge on any atom is 0.294 e. The van der Waals surface area contributed by atoms with Gasteiger partial charge in [0.05, 0.1) is 4.90 Å². The van der Waals surface area contributed by atoms with Crippen LogP contribution in [0.4, 0.5) is 0 Å². The fourth-order valence-corrected chi connectivity index (χ4v) is 5.62. The first-order valence-corrected chi connectivity index (χ1v) is 10.2. The Hall–Kier alpha value is -2.00. The van der Waals surface area contributed by atoms with Gasteiger partial charge in [-0.2, -0.15) is 8.42 Å². The fraction of sp³-hybridized carbons (Fsp3) is 0.0526. The van der Waals surface area contributed by atoms with Gasteiger partial charge in [-0.3, -0.25) is 4.55 Å². The number of hydrogen-bond acceptors (Lipinski definition) is 2. The summed E-state index contributed by atoms with van der Waals surface area (Å²) in [4.78, 5) is -0.0731. The van der Waals surface area contributed by atoms with Gasteiger partial charge in [-0.25, -0.2) is 0 Å². The van der Waals surface area contributed by atoms with E-state index < -0.39 is 18.0 Å². The predicted molar refractivity (Wildman–Crippen MR) is 99.7 cm³/mol. The smallest absolute Gasteiger partial charge is 0.282 e. The van der Waals surface area contributed by atoms with E-state index in [2.05, 4.69) is 12.1 Å². The Morgan fingerprint density at radius 3 is 1.96 bits per heavy atom. The fourth-order valence-electron chi connectivity index (χ4n) is 2.57. The monoisotopic (exact) mass is 356 g/mol. The number of aryl methyl sites for hydroxylation is 1. The molecule has 3 aromatic carbocycles. The van der Waals surface area contributed by atoms with Crippen molar-refractivity contribution in [2.75, 3.05) is 0 Å². The maximum absolute atomic E-state index is 11.5. The minimum Gasteiger partial charge on any atom is -0.282 e. The summed E-state index contributed by atoms with van der Waals surface area (Å²) >= 11 is 0. The van der Waals surface area contributed by atoms with Crippen LogP contribution in [0.2, 0.25) is 0 Å². The van der Waals surface area contributed by atoms with Crippen molar-refractivity contribution in [2.45, 2.75) is 11.8 Å². The Morgan fingerprint density at radius 2 is 1.33 bits per heavy atom. The van der Waals surface area contributed by atoms with Crippen LogP contribution < -0.4 is 15.9 Å². The van der Waals surface area contributed by atoms with E-state index in [-0.39, 0.29) is 4.90 Å². The van der Waals surface area contributed by atoms with Crippen LogP contribution in [-0.2, 0) is 10.1 Å². The quantitative estimate of drug-likeness (QED) is 0.578. The summed E-state index contributed by atoms with van der Waals surface area (Å²) in [6.07, 6.45) is 0. The second kappa shape index (κ2) is 6.86. The highest BCUT2D eigenvalue weighted by atomic mass is 32.2. The summed E-state index contributed by atoms with van der Waals surface area (Å²) in [7, 11) is -5.12. The largest absolute Gasteiger partial charge is 0.294 e. The van der Waals surface area contributed by atoms with Gasteiger partial charge in [-0.05, 0) is 42.9 Å². The molecule has 0 saturated carbocycles. The van der Waals surface area contributed by atoms with Crippen molar-refractivity contribution in [3.8, 4) is 0 Å². The molecule has 3 rings (SSSR count). The lowest BCUT2D eigenvalue weighted by Gasteiger charge is -2.20. The maximum atomic E-state index is 11.5. The van der Waals surface area contributed by atoms with Crippen molar-refractivity contribution >= 4 is 34.0 Å². The second-order valence-electron chi connectivity index (χ2n) is 5.48. The van der Waals surface area contributed by atoms with Crippen LogP contribution in [0.3, 0.4) is 0 Å². The molecule has 0 saturated heterocycles. The first kappa shape index (κ1) is 16.8. The van der Waals surface area contributed by atoms with Gasteiger partial charge < -0.3 is 0 Å². The van der Waals surface area contributed by atoms with E-state index in [4.69, 9.17) is 0 Å². The van der Waals surface area contributed by atoms with Crippen LogP contribution in [0.15, 0.2) is 83.8 Å². The topological polar surface area (TPSA) is 54.4 Å². The molecule has 3 nitrogen and oxygen atoms in total. The molecule has 0 radical (unpaired) electrons. The van der Waals surface area contributed by atoms with Crippen molar-refractivity contribution in [3.05, 3.63) is 84.4 Å². The minimum atomic E-state index is -4.22. The van der Waals surface area contributed by atoms with Crippen LogP contribution in [-0.4, -0.2) is 13.0 Å². The molecular weight excluding hydrogens is 339 g/mol. The molecular formula is C19H17O3PS. The number of benzene rings is 3. The summed E-state index contributed by atoms with van der Waals surface area (Å²) in [5, 5.41) is 3.16. The zero-order valence-electron chi connectivity index (χ0n) is 13.1. The third kappa shape index (κ3) is 3.73. The van der Waals surface area contributed by atoms with Gasteiger partial charge in [0.1, 0.15) is 0 Å². The highest BCUT2D eigenvalue weighted by Gasteiger charge is 2.19. The predicted octanol–water partition coefficient (Wildman–Crippen LogP) is 3.00.